The van der Waals surface area contributed by atoms with Crippen molar-refractivity contribution in [1.29, 1.82) is 0 Å². The fourth-order valence-corrected chi connectivity index (χ4v) is 15.7. The number of amides is 7. The first-order valence-corrected chi connectivity index (χ1v) is 42.8. The molecule has 0 unspecified atom stereocenters. The van der Waals surface area contributed by atoms with Crippen molar-refractivity contribution in [2.24, 2.45) is 0 Å². The standard InChI is InChI=1S/C28H24F4N6O4.C17H23F3N4O4.C14H18F3N3O4.C13H16F3N3O4.C12H15F3N4O2.ClH/c29-20-6-5-16(14-21-17-3-1-2-4-18(17)24(39)35-34-21)13-19(20)25(40)37-7-8-38-22(15-37)23(33-27(38)28(30,31)32)26(41)36-9-11-42-12-10-36;1-16(2,3)28-15(26)23-4-5-24-11(10-23)12(21-14(24)17(18,19)20)13(25)22-6-8-27-9-7-22;1-13(2,3)24-12(22)19-5-6-20-8(7-19)9(10(21)23-4)18-11(20)14(15,16)17;1-12(2,3)23-11(22)18-4-5-19-7(6-18)8(9(20)21)17-10(19)13(14,15)16;13-12(14,15)11-17-9(8-7-16-1-2-19(8)11)10(20)18-3-5-21-6-4-18;/h1-6,13H,7-12,14-15H2,(H,35,39);4-10H2,1-3H3;5-7H2,1-4H3;4-6H2,1-3H3,(H,20,21);16H,1-7H2;1H. The number of benzene rings is 2. The molecule has 0 bridgehead atoms. The summed E-state index contributed by atoms with van der Waals surface area (Å²) in [6.45, 7) is 17.6. The van der Waals surface area contributed by atoms with Gasteiger partial charge in [-0.1, -0.05) is 24.3 Å². The van der Waals surface area contributed by atoms with E-state index in [1.807, 2.05) is 0 Å². The highest BCUT2D eigenvalue weighted by Gasteiger charge is 2.49. The maximum Gasteiger partial charge on any atom is 0.449 e. The van der Waals surface area contributed by atoms with Gasteiger partial charge in [0, 0.05) is 123 Å². The normalized spacial score (nSPS) is 16.4. The third-order valence-electron chi connectivity index (χ3n) is 21.9. The fourth-order valence-electron chi connectivity index (χ4n) is 15.7. The van der Waals surface area contributed by atoms with Gasteiger partial charge in [-0.15, -0.1) is 12.4 Å². The Morgan fingerprint density at radius 1 is 0.403 bits per heavy atom. The zero-order valence-corrected chi connectivity index (χ0v) is 77.0. The molecule has 3 saturated heterocycles. The Hall–Kier alpha value is -12.7. The lowest BCUT2D eigenvalue weighted by Gasteiger charge is -2.32. The molecule has 3 N–H and O–H groups in total. The summed E-state index contributed by atoms with van der Waals surface area (Å²) in [5, 5.41) is 19.7. The van der Waals surface area contributed by atoms with Gasteiger partial charge in [-0.05, 0) is 86.1 Å². The Bertz CT molecular complexity index is 5960. The third-order valence-corrected chi connectivity index (χ3v) is 21.9. The summed E-state index contributed by atoms with van der Waals surface area (Å²) in [5.41, 5.74) is -3.58. The van der Waals surface area contributed by atoms with Crippen LogP contribution in [0.5, 0.6) is 0 Å². The minimum Gasteiger partial charge on any atom is -0.476 e. The Morgan fingerprint density at radius 2 is 0.727 bits per heavy atom. The number of morpholine rings is 3. The molecule has 6 aromatic heterocycles. The van der Waals surface area contributed by atoms with Gasteiger partial charge in [-0.3, -0.25) is 24.0 Å². The molecule has 139 heavy (non-hydrogen) atoms. The Morgan fingerprint density at radius 3 is 1.09 bits per heavy atom. The molecule has 0 atom stereocenters. The third kappa shape index (κ3) is 25.3. The van der Waals surface area contributed by atoms with Crippen LogP contribution in [-0.2, 0) is 136 Å². The number of nitrogens with zero attached hydrogens (tertiary/aromatic N) is 18. The molecule has 3 fully saturated rings. The predicted molar refractivity (Wildman–Crippen MR) is 450 cm³/mol. The van der Waals surface area contributed by atoms with Crippen LogP contribution >= 0.6 is 12.4 Å². The average molecular weight is 2010 g/mol. The second-order valence-corrected chi connectivity index (χ2v) is 35.1. The lowest BCUT2D eigenvalue weighted by molar-refractivity contribution is -0.148. The second kappa shape index (κ2) is 42.1. The number of nitrogens with one attached hydrogen (secondary N) is 2. The Kier molecular flexibility index (Phi) is 32.3. The van der Waals surface area contributed by atoms with Crippen molar-refractivity contribution in [3.63, 3.8) is 0 Å². The molecule has 7 amide bonds. The number of fused-ring (bicyclic) bond motifs is 6. The van der Waals surface area contributed by atoms with Crippen molar-refractivity contribution in [1.82, 2.24) is 97.6 Å². The molecule has 8 aromatic rings. The molecular weight excluding hydrogens is 1920 g/mol. The maximum absolute atomic E-state index is 15.0. The number of alkyl halides is 15. The number of carboxylic acids is 1. The molecule has 0 spiro atoms. The monoisotopic (exact) mass is 2010 g/mol. The summed E-state index contributed by atoms with van der Waals surface area (Å²) in [4.78, 5) is 150. The molecular formula is C84H97ClF16N20O18. The number of carboxylic acid groups (broad SMARTS) is 1. The highest BCUT2D eigenvalue weighted by atomic mass is 35.5. The number of hydrogen-bond acceptors (Lipinski definition) is 24. The number of rotatable bonds is 8. The van der Waals surface area contributed by atoms with Gasteiger partial charge in [0.2, 0.25) is 29.1 Å². The van der Waals surface area contributed by atoms with Gasteiger partial charge >= 0.3 is 61.1 Å². The van der Waals surface area contributed by atoms with E-state index in [9.17, 15) is 118 Å². The van der Waals surface area contributed by atoms with Gasteiger partial charge in [-0.2, -0.15) is 71.0 Å². The van der Waals surface area contributed by atoms with Gasteiger partial charge in [0.1, 0.15) is 22.6 Å². The quantitative estimate of drug-likeness (QED) is 0.0722. The van der Waals surface area contributed by atoms with E-state index in [2.05, 4.69) is 45.2 Å². The zero-order valence-electron chi connectivity index (χ0n) is 76.2. The molecule has 16 rings (SSSR count). The summed E-state index contributed by atoms with van der Waals surface area (Å²) in [5.74, 6) is -11.6. The van der Waals surface area contributed by atoms with Crippen LogP contribution in [0.2, 0.25) is 0 Å². The lowest BCUT2D eigenvalue weighted by Crippen LogP contribution is -2.44. The zero-order chi connectivity index (χ0) is 101. The van der Waals surface area contributed by atoms with Gasteiger partial charge < -0.3 is 101 Å². The first-order chi connectivity index (χ1) is 64.4. The number of ether oxygens (including phenoxy) is 7. The molecule has 14 heterocycles. The number of hydrogen-bond donors (Lipinski definition) is 3. The Balaban J connectivity index is 0.000000171. The highest BCUT2D eigenvalue weighted by Crippen LogP contribution is 2.40. The van der Waals surface area contributed by atoms with Crippen LogP contribution < -0.4 is 10.9 Å². The van der Waals surface area contributed by atoms with Gasteiger partial charge in [0.25, 0.3) is 29.2 Å². The SMILES string of the molecule is CC(C)(C)OC(=O)N1CCn2c(C(F)(F)F)nc(C(=O)N3CCOCC3)c2C1.CC(C)(C)OC(=O)N1CCn2c(C(F)(F)F)nc(C(=O)O)c2C1.COC(=O)c1nc(C(F)(F)F)n2c1CN(C(=O)OC(C)(C)C)CC2.Cl.O=C(c1cc(Cc2n[nH]c(=O)c3ccccc23)ccc1F)N1CCn2c(C(F)(F)F)nc(C(=O)N3CCOCC3)c2C1.O=C(c1nc(C(F)(F)F)n2c1CNCC2)N1CCOCC1. The highest BCUT2D eigenvalue weighted by molar-refractivity contribution is 5.97. The van der Waals surface area contributed by atoms with Crippen LogP contribution in [0.4, 0.5) is 84.6 Å². The molecule has 8 aliphatic rings. The number of esters is 1. The summed E-state index contributed by atoms with van der Waals surface area (Å²) in [7, 11) is 1.05. The van der Waals surface area contributed by atoms with Crippen molar-refractivity contribution in [2.75, 3.05) is 119 Å². The second-order valence-electron chi connectivity index (χ2n) is 35.1. The van der Waals surface area contributed by atoms with Crippen LogP contribution in [0.3, 0.4) is 0 Å². The van der Waals surface area contributed by atoms with E-state index in [-0.39, 0.29) is 201 Å². The number of H-pyrrole nitrogens is 1. The number of aromatic carboxylic acids is 1. The maximum atomic E-state index is 15.0. The molecule has 55 heteroatoms. The lowest BCUT2D eigenvalue weighted by atomic mass is 10.0. The topological polar surface area (TPSA) is 408 Å². The number of aromatic nitrogens is 12. The number of methoxy groups -OCH3 is 1. The van der Waals surface area contributed by atoms with E-state index in [4.69, 9.17) is 33.5 Å². The summed E-state index contributed by atoms with van der Waals surface area (Å²) in [6, 6.07) is 10.9. The van der Waals surface area contributed by atoms with Crippen molar-refractivity contribution in [3.05, 3.63) is 162 Å². The van der Waals surface area contributed by atoms with Gasteiger partial charge in [-0.25, -0.2) is 58.4 Å². The van der Waals surface area contributed by atoms with Crippen molar-refractivity contribution in [3.8, 4) is 0 Å². The number of halogens is 17. The van der Waals surface area contributed by atoms with Crippen molar-refractivity contribution >= 4 is 77.0 Å². The van der Waals surface area contributed by atoms with Crippen molar-refractivity contribution < 1.29 is 152 Å². The van der Waals surface area contributed by atoms with Gasteiger partial charge in [0.05, 0.1) is 118 Å². The Labute approximate surface area is 785 Å². The van der Waals surface area contributed by atoms with E-state index in [1.54, 1.807) is 86.6 Å². The molecule has 38 nitrogen and oxygen atoms in total. The van der Waals surface area contributed by atoms with Crippen LogP contribution in [0, 0.1) is 5.82 Å². The first kappa shape index (κ1) is 107. The minimum absolute atomic E-state index is 0. The largest absolute Gasteiger partial charge is 0.476 e. The predicted octanol–water partition coefficient (Wildman–Crippen LogP) is 10.8. The van der Waals surface area contributed by atoms with Crippen LogP contribution in [0.25, 0.3) is 10.8 Å². The summed E-state index contributed by atoms with van der Waals surface area (Å²) < 4.78 is 254. The number of carbonyl (C=O) groups excluding carboxylic acids is 8. The van der Waals surface area contributed by atoms with E-state index >= 15 is 0 Å². The first-order valence-electron chi connectivity index (χ1n) is 42.8. The van der Waals surface area contributed by atoms with E-state index in [1.165, 1.54) is 41.5 Å². The fraction of sp³-hybridized carbons (Fsp3) is 0.548. The van der Waals surface area contributed by atoms with Crippen molar-refractivity contribution in [2.45, 2.75) is 182 Å². The number of carbonyl (C=O) groups is 9. The van der Waals surface area contributed by atoms with Crippen LogP contribution in [0.15, 0.2) is 47.3 Å². The smallest absolute Gasteiger partial charge is 0.449 e. The van der Waals surface area contributed by atoms with E-state index in [0.717, 1.165) is 40.9 Å². The molecule has 0 aliphatic carbocycles. The van der Waals surface area contributed by atoms with E-state index in [0.29, 0.717) is 73.8 Å². The molecule has 8 aliphatic heterocycles. The minimum atomic E-state index is -4.81. The average Bonchev–Trinajstić information content (AvgIpc) is 1.62. The summed E-state index contributed by atoms with van der Waals surface area (Å²) in [6.07, 6.45) is -25.4. The molecule has 0 radical (unpaired) electrons. The van der Waals surface area contributed by atoms with Crippen LogP contribution in [0.1, 0.15) is 194 Å². The number of imidazole rings is 5. The summed E-state index contributed by atoms with van der Waals surface area (Å²) >= 11 is 0. The van der Waals surface area contributed by atoms with E-state index < -0.39 is 148 Å². The molecule has 2 aromatic carbocycles. The number of aromatic amines is 1. The van der Waals surface area contributed by atoms with Crippen LogP contribution in [-0.4, -0.2) is 287 Å². The molecule has 0 saturated carbocycles. The van der Waals surface area contributed by atoms with Gasteiger partial charge in [0.15, 0.2) is 28.5 Å². The molecule has 760 valence electrons.